The van der Waals surface area contributed by atoms with Gasteiger partial charge in [0.1, 0.15) is 13.2 Å². The smallest absolute Gasteiger partial charge is 0.339 e. The van der Waals surface area contributed by atoms with Crippen LogP contribution in [0.5, 0.6) is 0 Å². The molecule has 0 atom stereocenters. The van der Waals surface area contributed by atoms with Crippen LogP contribution in [0.2, 0.25) is 0 Å². The number of unbranched alkanes of at least 4 members (excludes halogenated alkanes) is 18. The summed E-state index contributed by atoms with van der Waals surface area (Å²) in [5, 5.41) is 0. The lowest BCUT2D eigenvalue weighted by Gasteiger charge is -2.09. The molecule has 2 aliphatic rings. The van der Waals surface area contributed by atoms with Crippen molar-refractivity contribution in [1.82, 2.24) is 0 Å². The van der Waals surface area contributed by atoms with Gasteiger partial charge in [-0.05, 0) is 37.1 Å². The van der Waals surface area contributed by atoms with Crippen molar-refractivity contribution in [2.45, 2.75) is 152 Å². The topological polar surface area (TPSA) is 161 Å². The molecule has 14 nitrogen and oxygen atoms in total. The quantitative estimate of drug-likeness (QED) is 0.0349. The lowest BCUT2D eigenvalue weighted by Crippen LogP contribution is -2.15. The first-order chi connectivity index (χ1) is 36.5. The van der Waals surface area contributed by atoms with Gasteiger partial charge in [0.15, 0.2) is 0 Å². The first-order valence-corrected chi connectivity index (χ1v) is 29.5. The standard InChI is InChI=1S/C58H88O14S2/c1-3-5-7-9-11-13-15-17-19-21-29-63-31-33-65-35-37-67-39-41-69-43-45-71-57(61)49-27-23-25-47-51(59)55(73-53(47)49)56-52(60)48-26-24-28-50(54(48)74-56)58(62)72-46-44-70-42-40-68-38-36-66-34-32-64-30-22-20-18-16-14-12-10-8-6-4-2/h23-28H,3-22,29-46H2,1-2H3/b56-55-. The van der Waals surface area contributed by atoms with Gasteiger partial charge in [-0.25, -0.2) is 9.59 Å². The van der Waals surface area contributed by atoms with Crippen molar-refractivity contribution in [2.24, 2.45) is 0 Å². The highest BCUT2D eigenvalue weighted by molar-refractivity contribution is 8.08. The fourth-order valence-corrected chi connectivity index (χ4v) is 10.8. The van der Waals surface area contributed by atoms with E-state index in [4.69, 9.17) is 47.4 Å². The molecule has 0 N–H and O–H groups in total. The second kappa shape index (κ2) is 41.9. The molecule has 0 bridgehead atoms. The van der Waals surface area contributed by atoms with Crippen molar-refractivity contribution in [3.63, 3.8) is 0 Å². The molecule has 416 valence electrons. The van der Waals surface area contributed by atoms with Gasteiger partial charge in [0.05, 0.1) is 113 Å². The average Bonchev–Trinajstić information content (AvgIpc) is 3.93. The third-order valence-corrected chi connectivity index (χ3v) is 15.0. The number of benzene rings is 2. The van der Waals surface area contributed by atoms with Crippen LogP contribution in [-0.2, 0) is 47.4 Å². The van der Waals surface area contributed by atoms with Gasteiger partial charge in [0, 0.05) is 34.1 Å². The van der Waals surface area contributed by atoms with Crippen LogP contribution in [0.3, 0.4) is 0 Å². The molecule has 0 spiro atoms. The molecule has 0 fully saturated rings. The molecule has 4 rings (SSSR count). The van der Waals surface area contributed by atoms with Gasteiger partial charge in [0.2, 0.25) is 11.6 Å². The molecule has 0 aliphatic carbocycles. The Morgan fingerprint density at radius 2 is 0.595 bits per heavy atom. The van der Waals surface area contributed by atoms with Crippen LogP contribution in [0.4, 0.5) is 0 Å². The third kappa shape index (κ3) is 25.8. The van der Waals surface area contributed by atoms with E-state index < -0.39 is 11.9 Å². The van der Waals surface area contributed by atoms with Crippen LogP contribution in [0, 0.1) is 0 Å². The van der Waals surface area contributed by atoms with Gasteiger partial charge in [-0.3, -0.25) is 9.59 Å². The Bertz CT molecular complexity index is 1770. The van der Waals surface area contributed by atoms with Crippen LogP contribution in [0.25, 0.3) is 0 Å². The summed E-state index contributed by atoms with van der Waals surface area (Å²) in [5.41, 5.74) is 1.04. The average molecular weight is 1070 g/mol. The van der Waals surface area contributed by atoms with Gasteiger partial charge in [0.25, 0.3) is 0 Å². The number of carbonyl (C=O) groups excluding carboxylic acids is 4. The number of ether oxygens (including phenoxy) is 10. The van der Waals surface area contributed by atoms with E-state index in [-0.39, 0.29) is 58.9 Å². The highest BCUT2D eigenvalue weighted by Crippen LogP contribution is 2.51. The molecule has 2 heterocycles. The lowest BCUT2D eigenvalue weighted by molar-refractivity contribution is -0.00926. The lowest BCUT2D eigenvalue weighted by atomic mass is 10.0. The zero-order valence-electron chi connectivity index (χ0n) is 44.9. The predicted molar refractivity (Wildman–Crippen MR) is 291 cm³/mol. The molecule has 0 amide bonds. The maximum atomic E-state index is 13.7. The predicted octanol–water partition coefficient (Wildman–Crippen LogP) is 12.5. The van der Waals surface area contributed by atoms with Crippen LogP contribution < -0.4 is 0 Å². The van der Waals surface area contributed by atoms with Crippen molar-refractivity contribution in [3.8, 4) is 0 Å². The summed E-state index contributed by atoms with van der Waals surface area (Å²) in [7, 11) is 0. The molecule has 0 radical (unpaired) electrons. The summed E-state index contributed by atoms with van der Waals surface area (Å²) < 4.78 is 55.8. The number of esters is 2. The number of fused-ring (bicyclic) bond motifs is 2. The van der Waals surface area contributed by atoms with E-state index in [1.807, 2.05) is 0 Å². The number of ketones is 2. The van der Waals surface area contributed by atoms with Crippen molar-refractivity contribution in [2.75, 3.05) is 119 Å². The second-order valence-corrected chi connectivity index (χ2v) is 20.5. The normalized spacial score (nSPS) is 14.0. The van der Waals surface area contributed by atoms with Crippen LogP contribution in [0.15, 0.2) is 56.0 Å². The summed E-state index contributed by atoms with van der Waals surface area (Å²) in [4.78, 5) is 55.0. The molecule has 2 aliphatic heterocycles. The molecule has 0 saturated heterocycles. The number of Topliss-reactive ketones (excluding diaryl/α,β-unsaturated/α-hetero) is 2. The van der Waals surface area contributed by atoms with Crippen molar-refractivity contribution >= 4 is 47.0 Å². The number of hydrogen-bond acceptors (Lipinski definition) is 16. The van der Waals surface area contributed by atoms with E-state index in [2.05, 4.69) is 13.8 Å². The SMILES string of the molecule is CCCCCCCCCCCCOCCOCCOCCOCCOC(=O)c1cccc2c1S/C(=C1\Sc3c(C(=O)OCCOCCOCCOCCOCCCCCCCCCCCC)cccc3C1=O)C2=O. The largest absolute Gasteiger partial charge is 0.460 e. The fourth-order valence-electron chi connectivity index (χ4n) is 8.26. The second-order valence-electron chi connectivity index (χ2n) is 18.4. The Hall–Kier alpha value is -3.16. The number of hydrogen-bond donors (Lipinski definition) is 0. The Labute approximate surface area is 451 Å². The molecule has 0 aromatic heterocycles. The Morgan fingerprint density at radius 1 is 0.338 bits per heavy atom. The first-order valence-electron chi connectivity index (χ1n) is 27.9. The van der Waals surface area contributed by atoms with Gasteiger partial charge in [-0.1, -0.05) is 165 Å². The monoisotopic (exact) mass is 1070 g/mol. The molecule has 2 aromatic carbocycles. The van der Waals surface area contributed by atoms with E-state index in [0.29, 0.717) is 100 Å². The fraction of sp³-hybridized carbons (Fsp3) is 0.690. The molecule has 74 heavy (non-hydrogen) atoms. The summed E-state index contributed by atoms with van der Waals surface area (Å²) in [6, 6.07) is 9.65. The third-order valence-electron chi connectivity index (χ3n) is 12.4. The van der Waals surface area contributed by atoms with E-state index >= 15 is 0 Å². The Morgan fingerprint density at radius 3 is 0.892 bits per heavy atom. The van der Waals surface area contributed by atoms with Crippen LogP contribution in [0.1, 0.15) is 184 Å². The summed E-state index contributed by atoms with van der Waals surface area (Å²) in [6.45, 7) is 11.9. The molecule has 2 aromatic rings. The van der Waals surface area contributed by atoms with Gasteiger partial charge in [-0.2, -0.15) is 0 Å². The zero-order valence-corrected chi connectivity index (χ0v) is 46.5. The van der Waals surface area contributed by atoms with E-state index in [0.717, 1.165) is 49.6 Å². The molecule has 0 saturated carbocycles. The molecular weight excluding hydrogens is 985 g/mol. The molecule has 0 unspecified atom stereocenters. The van der Waals surface area contributed by atoms with Crippen LogP contribution in [-0.4, -0.2) is 142 Å². The highest BCUT2D eigenvalue weighted by Gasteiger charge is 2.39. The maximum Gasteiger partial charge on any atom is 0.339 e. The van der Waals surface area contributed by atoms with Crippen molar-refractivity contribution in [3.05, 3.63) is 68.5 Å². The summed E-state index contributed by atoms with van der Waals surface area (Å²) in [6.07, 6.45) is 26.1. The number of allylic oxidation sites excluding steroid dienone is 2. The number of rotatable bonds is 48. The molecule has 16 heteroatoms. The van der Waals surface area contributed by atoms with E-state index in [1.54, 1.807) is 36.4 Å². The summed E-state index contributed by atoms with van der Waals surface area (Å²) >= 11 is 2.12. The number of thioether (sulfide) groups is 2. The van der Waals surface area contributed by atoms with Crippen molar-refractivity contribution < 1.29 is 66.5 Å². The Balaban J connectivity index is 1.01. The van der Waals surface area contributed by atoms with E-state index in [1.165, 1.54) is 116 Å². The summed E-state index contributed by atoms with van der Waals surface area (Å²) in [5.74, 6) is -1.96. The first kappa shape index (κ1) is 63.4. The maximum absolute atomic E-state index is 13.7. The number of carbonyl (C=O) groups is 4. The van der Waals surface area contributed by atoms with Gasteiger partial charge >= 0.3 is 11.9 Å². The van der Waals surface area contributed by atoms with Crippen molar-refractivity contribution in [1.29, 1.82) is 0 Å². The highest BCUT2D eigenvalue weighted by atomic mass is 32.2. The minimum atomic E-state index is -0.607. The Kier molecular flexibility index (Phi) is 35.9. The minimum absolute atomic E-state index is 0.00655. The van der Waals surface area contributed by atoms with Gasteiger partial charge in [-0.15, -0.1) is 0 Å². The minimum Gasteiger partial charge on any atom is -0.460 e. The zero-order chi connectivity index (χ0) is 52.5. The molecular formula is C58H88O14S2. The van der Waals surface area contributed by atoms with Crippen LogP contribution >= 0.6 is 23.5 Å². The van der Waals surface area contributed by atoms with E-state index in [9.17, 15) is 19.2 Å². The van der Waals surface area contributed by atoms with Gasteiger partial charge < -0.3 is 47.4 Å².